The van der Waals surface area contributed by atoms with Crippen molar-refractivity contribution in [2.24, 2.45) is 0 Å². The molecule has 0 amide bonds. The molecule has 2 aromatic rings. The third kappa shape index (κ3) is 5.33. The number of hydrogen-bond acceptors (Lipinski definition) is 4. The van der Waals surface area contributed by atoms with E-state index in [1.165, 1.54) is 57.9 Å². The van der Waals surface area contributed by atoms with Gasteiger partial charge in [0.1, 0.15) is 5.75 Å². The Bertz CT molecular complexity index is 653. The van der Waals surface area contributed by atoms with Crippen LogP contribution in [0, 0.1) is 0 Å². The summed E-state index contributed by atoms with van der Waals surface area (Å²) in [6.45, 7) is 2.21. The van der Waals surface area contributed by atoms with Crippen LogP contribution in [0.25, 0.3) is 10.9 Å². The summed E-state index contributed by atoms with van der Waals surface area (Å²) in [6.07, 6.45) is 12.5. The molecule has 0 bridgehead atoms. The van der Waals surface area contributed by atoms with Crippen molar-refractivity contribution in [3.05, 3.63) is 30.5 Å². The lowest BCUT2D eigenvalue weighted by Gasteiger charge is -2.23. The van der Waals surface area contributed by atoms with Crippen LogP contribution in [0.3, 0.4) is 0 Å². The minimum atomic E-state index is 0.779. The van der Waals surface area contributed by atoms with Crippen LogP contribution in [-0.2, 0) is 0 Å². The lowest BCUT2D eigenvalue weighted by Crippen LogP contribution is -2.33. The van der Waals surface area contributed by atoms with Crippen LogP contribution in [0.2, 0.25) is 0 Å². The summed E-state index contributed by atoms with van der Waals surface area (Å²) in [7, 11) is 1.71. The summed E-state index contributed by atoms with van der Waals surface area (Å²) < 4.78 is 5.41. The van der Waals surface area contributed by atoms with Crippen LogP contribution in [0.5, 0.6) is 5.75 Å². The number of nitrogens with one attached hydrogen (secondary N) is 2. The summed E-state index contributed by atoms with van der Waals surface area (Å²) in [5.74, 6) is 0.878. The number of fused-ring (bicyclic) bond motifs is 1. The van der Waals surface area contributed by atoms with Gasteiger partial charge in [-0.1, -0.05) is 31.7 Å². The van der Waals surface area contributed by atoms with Crippen molar-refractivity contribution in [3.63, 3.8) is 0 Å². The second-order valence-electron chi connectivity index (χ2n) is 7.03. The molecule has 0 spiro atoms. The van der Waals surface area contributed by atoms with Crippen molar-refractivity contribution in [2.75, 3.05) is 25.5 Å². The molecule has 1 saturated heterocycles. The van der Waals surface area contributed by atoms with Crippen molar-refractivity contribution < 1.29 is 4.74 Å². The number of rotatable bonds is 9. The lowest BCUT2D eigenvalue weighted by atomic mass is 9.99. The number of unbranched alkanes of at least 4 members (excludes halogenated alkanes) is 3. The standard InChI is InChI=1S/C21H31N3O/c1-25-19-15-17-9-8-14-24-21(17)20(16-19)23-13-6-3-2-4-10-18-11-5-7-12-22-18/h8-9,14-16,18,22-23H,2-7,10-13H2,1H3. The van der Waals surface area contributed by atoms with E-state index in [2.05, 4.69) is 21.7 Å². The first-order valence-electron chi connectivity index (χ1n) is 9.77. The fourth-order valence-electron chi connectivity index (χ4n) is 3.68. The third-order valence-corrected chi connectivity index (χ3v) is 5.12. The number of pyridine rings is 1. The second-order valence-corrected chi connectivity index (χ2v) is 7.03. The van der Waals surface area contributed by atoms with E-state index < -0.39 is 0 Å². The van der Waals surface area contributed by atoms with Crippen LogP contribution in [0.15, 0.2) is 30.5 Å². The molecule has 4 heteroatoms. The Morgan fingerprint density at radius 2 is 2.12 bits per heavy atom. The molecular formula is C21H31N3O. The molecule has 4 nitrogen and oxygen atoms in total. The second kappa shape index (κ2) is 9.62. The van der Waals surface area contributed by atoms with E-state index in [4.69, 9.17) is 4.74 Å². The molecule has 1 unspecified atom stereocenters. The molecule has 25 heavy (non-hydrogen) atoms. The number of methoxy groups -OCH3 is 1. The monoisotopic (exact) mass is 341 g/mol. The first kappa shape index (κ1) is 18.0. The maximum Gasteiger partial charge on any atom is 0.121 e. The van der Waals surface area contributed by atoms with Crippen molar-refractivity contribution in [1.29, 1.82) is 0 Å². The normalized spacial score (nSPS) is 17.6. The van der Waals surface area contributed by atoms with E-state index in [0.29, 0.717) is 0 Å². The zero-order chi connectivity index (χ0) is 17.3. The highest BCUT2D eigenvalue weighted by Gasteiger charge is 2.11. The Kier molecular flexibility index (Phi) is 6.92. The van der Waals surface area contributed by atoms with Gasteiger partial charge in [-0.3, -0.25) is 4.98 Å². The van der Waals surface area contributed by atoms with Crippen LogP contribution in [0.1, 0.15) is 51.4 Å². The molecule has 1 fully saturated rings. The van der Waals surface area contributed by atoms with Gasteiger partial charge in [-0.05, 0) is 44.4 Å². The van der Waals surface area contributed by atoms with Crippen LogP contribution >= 0.6 is 0 Å². The number of ether oxygens (including phenoxy) is 1. The molecule has 3 rings (SSSR count). The Hall–Kier alpha value is -1.81. The SMILES string of the molecule is COc1cc(NCCCCCCC2CCCCN2)c2ncccc2c1. The van der Waals surface area contributed by atoms with E-state index >= 15 is 0 Å². The Morgan fingerprint density at radius 3 is 2.96 bits per heavy atom. The fourth-order valence-corrected chi connectivity index (χ4v) is 3.68. The van der Waals surface area contributed by atoms with Gasteiger partial charge in [-0.15, -0.1) is 0 Å². The molecule has 1 aromatic carbocycles. The van der Waals surface area contributed by atoms with E-state index in [1.54, 1.807) is 7.11 Å². The minimum Gasteiger partial charge on any atom is -0.497 e. The molecule has 1 aliphatic heterocycles. The number of nitrogens with zero attached hydrogens (tertiary/aromatic N) is 1. The highest BCUT2D eigenvalue weighted by Crippen LogP contribution is 2.27. The van der Waals surface area contributed by atoms with Gasteiger partial charge in [0.25, 0.3) is 0 Å². The molecule has 1 atom stereocenters. The van der Waals surface area contributed by atoms with Crippen LogP contribution < -0.4 is 15.4 Å². The number of benzene rings is 1. The molecule has 136 valence electrons. The predicted molar refractivity (Wildman–Crippen MR) is 106 cm³/mol. The lowest BCUT2D eigenvalue weighted by molar-refractivity contribution is 0.371. The smallest absolute Gasteiger partial charge is 0.121 e. The summed E-state index contributed by atoms with van der Waals surface area (Å²) in [4.78, 5) is 4.51. The van der Waals surface area contributed by atoms with Gasteiger partial charge in [-0.2, -0.15) is 0 Å². The van der Waals surface area contributed by atoms with Crippen molar-refractivity contribution in [1.82, 2.24) is 10.3 Å². The average Bonchev–Trinajstić information content (AvgIpc) is 2.67. The maximum atomic E-state index is 5.41. The Balaban J connectivity index is 1.39. The quantitative estimate of drug-likeness (QED) is 0.646. The van der Waals surface area contributed by atoms with E-state index in [0.717, 1.165) is 34.9 Å². The highest BCUT2D eigenvalue weighted by atomic mass is 16.5. The molecule has 0 saturated carbocycles. The van der Waals surface area contributed by atoms with Gasteiger partial charge in [0.05, 0.1) is 18.3 Å². The van der Waals surface area contributed by atoms with Crippen LogP contribution in [0.4, 0.5) is 5.69 Å². The van der Waals surface area contributed by atoms with Crippen LogP contribution in [-0.4, -0.2) is 31.2 Å². The number of aromatic nitrogens is 1. The topological polar surface area (TPSA) is 46.2 Å². The summed E-state index contributed by atoms with van der Waals surface area (Å²) in [5, 5.41) is 8.30. The third-order valence-electron chi connectivity index (χ3n) is 5.12. The van der Waals surface area contributed by atoms with Gasteiger partial charge < -0.3 is 15.4 Å². The first-order valence-corrected chi connectivity index (χ1v) is 9.77. The fraction of sp³-hybridized carbons (Fsp3) is 0.571. The zero-order valence-corrected chi connectivity index (χ0v) is 15.4. The molecule has 1 aromatic heterocycles. The largest absolute Gasteiger partial charge is 0.497 e. The highest BCUT2D eigenvalue weighted by molar-refractivity contribution is 5.91. The van der Waals surface area contributed by atoms with Gasteiger partial charge in [0.15, 0.2) is 0 Å². The Morgan fingerprint density at radius 1 is 1.20 bits per heavy atom. The van der Waals surface area contributed by atoms with Gasteiger partial charge >= 0.3 is 0 Å². The van der Waals surface area contributed by atoms with E-state index in [1.807, 2.05) is 24.4 Å². The zero-order valence-electron chi connectivity index (χ0n) is 15.4. The average molecular weight is 341 g/mol. The van der Waals surface area contributed by atoms with Crippen molar-refractivity contribution >= 4 is 16.6 Å². The molecule has 2 N–H and O–H groups in total. The number of anilines is 1. The van der Waals surface area contributed by atoms with Gasteiger partial charge in [-0.25, -0.2) is 0 Å². The molecule has 0 radical (unpaired) electrons. The summed E-state index contributed by atoms with van der Waals surface area (Å²) in [5.41, 5.74) is 2.09. The number of piperidine rings is 1. The molecule has 2 heterocycles. The first-order chi connectivity index (χ1) is 12.4. The van der Waals surface area contributed by atoms with Crippen molar-refractivity contribution in [2.45, 2.75) is 57.4 Å². The molecule has 0 aliphatic carbocycles. The van der Waals surface area contributed by atoms with E-state index in [9.17, 15) is 0 Å². The van der Waals surface area contributed by atoms with Gasteiger partial charge in [0, 0.05) is 30.2 Å². The predicted octanol–water partition coefficient (Wildman–Crippen LogP) is 4.75. The summed E-state index contributed by atoms with van der Waals surface area (Å²) in [6, 6.07) is 8.90. The maximum absolute atomic E-state index is 5.41. The Labute approximate surface area is 151 Å². The van der Waals surface area contributed by atoms with Gasteiger partial charge in [0.2, 0.25) is 0 Å². The summed E-state index contributed by atoms with van der Waals surface area (Å²) >= 11 is 0. The number of hydrogen-bond donors (Lipinski definition) is 2. The van der Waals surface area contributed by atoms with E-state index in [-0.39, 0.29) is 0 Å². The molecule has 1 aliphatic rings. The minimum absolute atomic E-state index is 0.779. The van der Waals surface area contributed by atoms with Crippen molar-refractivity contribution in [3.8, 4) is 5.75 Å². The molecular weight excluding hydrogens is 310 g/mol.